The van der Waals surface area contributed by atoms with Gasteiger partial charge in [-0.25, -0.2) is 4.39 Å². The highest BCUT2D eigenvalue weighted by Crippen LogP contribution is 2.31. The molecule has 0 aliphatic rings. The summed E-state index contributed by atoms with van der Waals surface area (Å²) in [7, 11) is 1.47. The molecule has 1 atom stereocenters. The molecule has 0 heterocycles. The maximum absolute atomic E-state index is 14.0. The number of methoxy groups -OCH3 is 1. The lowest BCUT2D eigenvalue weighted by Crippen LogP contribution is -2.05. The van der Waals surface area contributed by atoms with Crippen LogP contribution in [0, 0.1) is 19.7 Å². The van der Waals surface area contributed by atoms with Gasteiger partial charge in [-0.05, 0) is 48.7 Å². The summed E-state index contributed by atoms with van der Waals surface area (Å²) in [5, 5.41) is 11.0. The molecule has 2 aromatic rings. The van der Waals surface area contributed by atoms with Gasteiger partial charge in [0.15, 0.2) is 0 Å². The monoisotopic (exact) mass is 294 g/mol. The molecule has 1 N–H and O–H groups in total. The third-order valence-corrected chi connectivity index (χ3v) is 3.75. The molecule has 0 spiro atoms. The molecule has 0 bridgehead atoms. The number of hydrogen-bond acceptors (Lipinski definition) is 2. The van der Waals surface area contributed by atoms with Gasteiger partial charge in [-0.3, -0.25) is 0 Å². The number of ether oxygens (including phenoxy) is 1. The van der Waals surface area contributed by atoms with E-state index in [9.17, 15) is 9.50 Å². The highest BCUT2D eigenvalue weighted by Gasteiger charge is 2.18. The topological polar surface area (TPSA) is 29.5 Å². The molecule has 0 radical (unpaired) electrons. The zero-order chi connectivity index (χ0) is 14.9. The molecule has 2 rings (SSSR count). The normalized spacial score (nSPS) is 12.3. The smallest absolute Gasteiger partial charge is 0.133 e. The SMILES string of the molecule is COc1ccc(C(O)c2cc(C)c(Cl)cc2C)c(F)c1. The van der Waals surface area contributed by atoms with Gasteiger partial charge in [0, 0.05) is 16.7 Å². The number of rotatable bonds is 3. The first kappa shape index (κ1) is 14.8. The molecule has 1 unspecified atom stereocenters. The van der Waals surface area contributed by atoms with E-state index in [1.807, 2.05) is 13.8 Å². The van der Waals surface area contributed by atoms with Crippen molar-refractivity contribution in [1.82, 2.24) is 0 Å². The Balaban J connectivity index is 2.46. The lowest BCUT2D eigenvalue weighted by Gasteiger charge is -2.17. The fourth-order valence-corrected chi connectivity index (χ4v) is 2.34. The number of halogens is 2. The van der Waals surface area contributed by atoms with Crippen molar-refractivity contribution in [3.05, 3.63) is 63.4 Å². The Morgan fingerprint density at radius 2 is 1.80 bits per heavy atom. The molecule has 0 aliphatic carbocycles. The summed E-state index contributed by atoms with van der Waals surface area (Å²) in [4.78, 5) is 0. The van der Waals surface area contributed by atoms with Crippen molar-refractivity contribution in [3.63, 3.8) is 0 Å². The number of benzene rings is 2. The van der Waals surface area contributed by atoms with Crippen LogP contribution < -0.4 is 4.74 Å². The van der Waals surface area contributed by atoms with Crippen molar-refractivity contribution in [2.24, 2.45) is 0 Å². The summed E-state index contributed by atoms with van der Waals surface area (Å²) in [6, 6.07) is 7.97. The summed E-state index contributed by atoms with van der Waals surface area (Å²) < 4.78 is 19.0. The number of hydrogen-bond donors (Lipinski definition) is 1. The number of aryl methyl sites for hydroxylation is 2. The van der Waals surface area contributed by atoms with E-state index < -0.39 is 11.9 Å². The second-order valence-corrected chi connectivity index (χ2v) is 5.16. The maximum atomic E-state index is 14.0. The Labute approximate surface area is 122 Å². The van der Waals surface area contributed by atoms with Crippen LogP contribution in [0.15, 0.2) is 30.3 Å². The van der Waals surface area contributed by atoms with E-state index in [-0.39, 0.29) is 5.56 Å². The fraction of sp³-hybridized carbons (Fsp3) is 0.250. The van der Waals surface area contributed by atoms with Gasteiger partial charge in [-0.2, -0.15) is 0 Å². The molecule has 0 fully saturated rings. The zero-order valence-electron chi connectivity index (χ0n) is 11.6. The van der Waals surface area contributed by atoms with Crippen molar-refractivity contribution >= 4 is 11.6 Å². The van der Waals surface area contributed by atoms with Crippen LogP contribution in [0.2, 0.25) is 5.02 Å². The van der Waals surface area contributed by atoms with E-state index >= 15 is 0 Å². The second kappa shape index (κ2) is 5.81. The summed E-state index contributed by atoms with van der Waals surface area (Å²) in [5.41, 5.74) is 2.54. The van der Waals surface area contributed by atoms with Crippen LogP contribution in [0.1, 0.15) is 28.4 Å². The van der Waals surface area contributed by atoms with Crippen molar-refractivity contribution < 1.29 is 14.2 Å². The van der Waals surface area contributed by atoms with Crippen molar-refractivity contribution in [2.75, 3.05) is 7.11 Å². The predicted molar refractivity (Wildman–Crippen MR) is 77.9 cm³/mol. The highest BCUT2D eigenvalue weighted by atomic mass is 35.5. The molecule has 0 saturated heterocycles. The van der Waals surface area contributed by atoms with Gasteiger partial charge in [0.05, 0.1) is 7.11 Å². The highest BCUT2D eigenvalue weighted by molar-refractivity contribution is 6.31. The summed E-state index contributed by atoms with van der Waals surface area (Å²) in [5.74, 6) is -0.0775. The molecule has 0 saturated carbocycles. The van der Waals surface area contributed by atoms with Crippen LogP contribution >= 0.6 is 11.6 Å². The Hall–Kier alpha value is -1.58. The minimum atomic E-state index is -1.03. The van der Waals surface area contributed by atoms with Crippen molar-refractivity contribution in [2.45, 2.75) is 20.0 Å². The molecular formula is C16H16ClFO2. The van der Waals surface area contributed by atoms with Gasteiger partial charge < -0.3 is 9.84 Å². The molecule has 0 amide bonds. The van der Waals surface area contributed by atoms with E-state index in [1.54, 1.807) is 18.2 Å². The van der Waals surface area contributed by atoms with E-state index in [4.69, 9.17) is 16.3 Å². The standard InChI is InChI=1S/C16H16ClFO2/c1-9-7-14(17)10(2)6-13(9)16(19)12-5-4-11(20-3)8-15(12)18/h4-8,16,19H,1-3H3. The van der Waals surface area contributed by atoms with Gasteiger partial charge in [0.2, 0.25) is 0 Å². The van der Waals surface area contributed by atoms with Gasteiger partial charge in [-0.15, -0.1) is 0 Å². The van der Waals surface area contributed by atoms with Gasteiger partial charge in [0.25, 0.3) is 0 Å². The van der Waals surface area contributed by atoms with Crippen LogP contribution in [-0.4, -0.2) is 12.2 Å². The van der Waals surface area contributed by atoms with Crippen LogP contribution in [-0.2, 0) is 0 Å². The summed E-state index contributed by atoms with van der Waals surface area (Å²) in [6.45, 7) is 3.69. The van der Waals surface area contributed by atoms with Crippen molar-refractivity contribution in [3.8, 4) is 5.75 Å². The lowest BCUT2D eigenvalue weighted by atomic mass is 9.95. The Bertz CT molecular complexity index is 641. The molecule has 2 aromatic carbocycles. The van der Waals surface area contributed by atoms with Crippen LogP contribution in [0.3, 0.4) is 0 Å². The van der Waals surface area contributed by atoms with E-state index in [0.717, 1.165) is 11.1 Å². The largest absolute Gasteiger partial charge is 0.497 e. The zero-order valence-corrected chi connectivity index (χ0v) is 12.3. The molecule has 4 heteroatoms. The first-order valence-corrected chi connectivity index (χ1v) is 6.60. The third kappa shape index (κ3) is 2.79. The lowest BCUT2D eigenvalue weighted by molar-refractivity contribution is 0.214. The molecule has 20 heavy (non-hydrogen) atoms. The predicted octanol–water partition coefficient (Wildman–Crippen LogP) is 4.19. The van der Waals surface area contributed by atoms with Gasteiger partial charge in [0.1, 0.15) is 17.7 Å². The van der Waals surface area contributed by atoms with Gasteiger partial charge >= 0.3 is 0 Å². The maximum Gasteiger partial charge on any atom is 0.133 e. The Kier molecular flexibility index (Phi) is 4.31. The molecule has 0 aliphatic heterocycles. The first-order chi connectivity index (χ1) is 9.43. The van der Waals surface area contributed by atoms with E-state index in [1.165, 1.54) is 19.2 Å². The third-order valence-electron chi connectivity index (χ3n) is 3.34. The van der Waals surface area contributed by atoms with Crippen LogP contribution in [0.25, 0.3) is 0 Å². The van der Waals surface area contributed by atoms with E-state index in [0.29, 0.717) is 16.3 Å². The number of aliphatic hydroxyl groups excluding tert-OH is 1. The fourth-order valence-electron chi connectivity index (χ4n) is 2.12. The Morgan fingerprint density at radius 1 is 1.10 bits per heavy atom. The average molecular weight is 295 g/mol. The van der Waals surface area contributed by atoms with Crippen molar-refractivity contribution in [1.29, 1.82) is 0 Å². The molecule has 0 aromatic heterocycles. The first-order valence-electron chi connectivity index (χ1n) is 6.22. The second-order valence-electron chi connectivity index (χ2n) is 4.75. The minimum Gasteiger partial charge on any atom is -0.497 e. The van der Waals surface area contributed by atoms with E-state index in [2.05, 4.69) is 0 Å². The van der Waals surface area contributed by atoms with Crippen LogP contribution in [0.5, 0.6) is 5.75 Å². The van der Waals surface area contributed by atoms with Gasteiger partial charge in [-0.1, -0.05) is 17.7 Å². The minimum absolute atomic E-state index is 0.218. The summed E-state index contributed by atoms with van der Waals surface area (Å²) >= 11 is 6.04. The average Bonchev–Trinajstić information content (AvgIpc) is 2.42. The molecular weight excluding hydrogens is 279 g/mol. The number of aliphatic hydroxyl groups is 1. The Morgan fingerprint density at radius 3 is 2.40 bits per heavy atom. The quantitative estimate of drug-likeness (QED) is 0.920. The summed E-state index contributed by atoms with van der Waals surface area (Å²) in [6.07, 6.45) is -1.03. The molecule has 106 valence electrons. The van der Waals surface area contributed by atoms with Crippen LogP contribution in [0.4, 0.5) is 4.39 Å². The molecule has 2 nitrogen and oxygen atoms in total.